The molecule has 106 valence electrons. The zero-order valence-corrected chi connectivity index (χ0v) is 12.5. The van der Waals surface area contributed by atoms with Gasteiger partial charge >= 0.3 is 5.97 Å². The van der Waals surface area contributed by atoms with Crippen LogP contribution < -0.4 is 0 Å². The Morgan fingerprint density at radius 3 is 2.42 bits per heavy atom. The van der Waals surface area contributed by atoms with Crippen LogP contribution in [0.2, 0.25) is 0 Å². The van der Waals surface area contributed by atoms with Crippen molar-refractivity contribution in [3.05, 3.63) is 15.6 Å². The highest BCUT2D eigenvalue weighted by molar-refractivity contribution is 7.13. The van der Waals surface area contributed by atoms with Crippen LogP contribution in [0.3, 0.4) is 0 Å². The number of hydrogen-bond acceptors (Lipinski definition) is 4. The first kappa shape index (κ1) is 14.5. The van der Waals surface area contributed by atoms with E-state index in [0.717, 1.165) is 30.3 Å². The van der Waals surface area contributed by atoms with Gasteiger partial charge in [-0.1, -0.05) is 26.7 Å². The van der Waals surface area contributed by atoms with Gasteiger partial charge in [-0.2, -0.15) is 0 Å². The number of nitrogens with zero attached hydrogens (tertiary/aromatic N) is 2. The lowest BCUT2D eigenvalue weighted by Gasteiger charge is -2.17. The van der Waals surface area contributed by atoms with E-state index in [4.69, 9.17) is 0 Å². The van der Waals surface area contributed by atoms with E-state index in [1.807, 2.05) is 13.8 Å². The third-order valence-electron chi connectivity index (χ3n) is 3.50. The van der Waals surface area contributed by atoms with Crippen molar-refractivity contribution in [1.29, 1.82) is 0 Å². The van der Waals surface area contributed by atoms with Crippen molar-refractivity contribution >= 4 is 17.3 Å². The Morgan fingerprint density at radius 1 is 1.32 bits per heavy atom. The molecule has 19 heavy (non-hydrogen) atoms. The normalized spacial score (nSPS) is 17.6. The largest absolute Gasteiger partial charge is 0.477 e. The molecule has 0 aliphatic carbocycles. The highest BCUT2D eigenvalue weighted by Crippen LogP contribution is 2.26. The molecule has 0 amide bonds. The van der Waals surface area contributed by atoms with Crippen molar-refractivity contribution in [1.82, 2.24) is 9.88 Å². The van der Waals surface area contributed by atoms with Crippen molar-refractivity contribution < 1.29 is 9.90 Å². The first-order valence-corrected chi connectivity index (χ1v) is 7.85. The first-order valence-electron chi connectivity index (χ1n) is 7.03. The number of carboxylic acids is 1. The second-order valence-electron chi connectivity index (χ2n) is 5.47. The standard InChI is InChI=1S/C14H22N2O2S/c1-10(2)12-13(14(17)18)19-11(15-12)9-16-7-5-3-4-6-8-16/h10H,3-9H2,1-2H3,(H,17,18). The van der Waals surface area contributed by atoms with Crippen LogP contribution in [0.25, 0.3) is 0 Å². The summed E-state index contributed by atoms with van der Waals surface area (Å²) in [6.07, 6.45) is 5.11. The molecule has 1 aromatic heterocycles. The number of rotatable bonds is 4. The van der Waals surface area contributed by atoms with Gasteiger partial charge in [0.15, 0.2) is 0 Å². The molecule has 1 aliphatic heterocycles. The Morgan fingerprint density at radius 2 is 1.95 bits per heavy atom. The smallest absolute Gasteiger partial charge is 0.347 e. The summed E-state index contributed by atoms with van der Waals surface area (Å²) < 4.78 is 0. The highest BCUT2D eigenvalue weighted by Gasteiger charge is 2.21. The van der Waals surface area contributed by atoms with Crippen LogP contribution in [0.4, 0.5) is 0 Å². The molecular weight excluding hydrogens is 260 g/mol. The van der Waals surface area contributed by atoms with Gasteiger partial charge < -0.3 is 5.11 Å². The van der Waals surface area contributed by atoms with Crippen LogP contribution >= 0.6 is 11.3 Å². The molecule has 1 aliphatic rings. The molecule has 0 atom stereocenters. The van der Waals surface area contributed by atoms with E-state index in [1.54, 1.807) is 0 Å². The monoisotopic (exact) mass is 282 g/mol. The van der Waals surface area contributed by atoms with Crippen molar-refractivity contribution in [2.45, 2.75) is 52.0 Å². The van der Waals surface area contributed by atoms with E-state index in [-0.39, 0.29) is 5.92 Å². The van der Waals surface area contributed by atoms with E-state index in [1.165, 1.54) is 37.0 Å². The molecule has 0 aromatic carbocycles. The summed E-state index contributed by atoms with van der Waals surface area (Å²) >= 11 is 1.34. The molecule has 0 radical (unpaired) electrons. The van der Waals surface area contributed by atoms with Gasteiger partial charge in [0.2, 0.25) is 0 Å². The molecular formula is C14H22N2O2S. The predicted molar refractivity (Wildman–Crippen MR) is 76.9 cm³/mol. The Balaban J connectivity index is 2.11. The molecule has 1 fully saturated rings. The maximum Gasteiger partial charge on any atom is 0.347 e. The van der Waals surface area contributed by atoms with Crippen LogP contribution in [0.15, 0.2) is 0 Å². The number of aromatic carboxylic acids is 1. The quantitative estimate of drug-likeness (QED) is 0.920. The van der Waals surface area contributed by atoms with Gasteiger partial charge in [-0.3, -0.25) is 4.90 Å². The van der Waals surface area contributed by atoms with Gasteiger partial charge in [0.25, 0.3) is 0 Å². The summed E-state index contributed by atoms with van der Waals surface area (Å²) in [7, 11) is 0. The lowest BCUT2D eigenvalue weighted by Crippen LogP contribution is -2.23. The number of carboxylic acid groups (broad SMARTS) is 1. The topological polar surface area (TPSA) is 53.4 Å². The zero-order chi connectivity index (χ0) is 13.8. The second-order valence-corrected chi connectivity index (χ2v) is 6.56. The molecule has 2 heterocycles. The maximum absolute atomic E-state index is 11.2. The second kappa shape index (κ2) is 6.48. The molecule has 0 bridgehead atoms. The fourth-order valence-electron chi connectivity index (χ4n) is 2.48. The maximum atomic E-state index is 11.2. The van der Waals surface area contributed by atoms with Gasteiger partial charge in [-0.25, -0.2) is 9.78 Å². The van der Waals surface area contributed by atoms with Crippen LogP contribution in [0.5, 0.6) is 0 Å². The van der Waals surface area contributed by atoms with E-state index in [2.05, 4.69) is 9.88 Å². The predicted octanol–water partition coefficient (Wildman–Crippen LogP) is 3.34. The Labute approximate surface area is 118 Å². The zero-order valence-electron chi connectivity index (χ0n) is 11.7. The summed E-state index contributed by atoms with van der Waals surface area (Å²) in [5.41, 5.74) is 0.738. The molecule has 0 unspecified atom stereocenters. The fraction of sp³-hybridized carbons (Fsp3) is 0.714. The van der Waals surface area contributed by atoms with Crippen molar-refractivity contribution in [2.24, 2.45) is 0 Å². The molecule has 1 aromatic rings. The SMILES string of the molecule is CC(C)c1nc(CN2CCCCCC2)sc1C(=O)O. The van der Waals surface area contributed by atoms with Gasteiger partial charge in [0.05, 0.1) is 12.2 Å². The molecule has 4 nitrogen and oxygen atoms in total. The Bertz CT molecular complexity index is 435. The van der Waals surface area contributed by atoms with E-state index >= 15 is 0 Å². The number of hydrogen-bond donors (Lipinski definition) is 1. The summed E-state index contributed by atoms with van der Waals surface area (Å²) in [4.78, 5) is 18.6. The molecule has 0 saturated carbocycles. The lowest BCUT2D eigenvalue weighted by atomic mass is 10.1. The minimum Gasteiger partial charge on any atom is -0.477 e. The molecule has 1 saturated heterocycles. The van der Waals surface area contributed by atoms with Crippen LogP contribution in [0.1, 0.15) is 65.8 Å². The van der Waals surface area contributed by atoms with Crippen LogP contribution in [0, 0.1) is 0 Å². The van der Waals surface area contributed by atoms with Gasteiger partial charge in [-0.15, -0.1) is 11.3 Å². The Hall–Kier alpha value is -0.940. The van der Waals surface area contributed by atoms with E-state index in [9.17, 15) is 9.90 Å². The summed E-state index contributed by atoms with van der Waals surface area (Å²) in [6.45, 7) is 7.02. The fourth-order valence-corrected chi connectivity index (χ4v) is 3.58. The van der Waals surface area contributed by atoms with Crippen molar-refractivity contribution in [3.63, 3.8) is 0 Å². The van der Waals surface area contributed by atoms with Crippen LogP contribution in [-0.4, -0.2) is 34.0 Å². The summed E-state index contributed by atoms with van der Waals surface area (Å²) in [5.74, 6) is -0.677. The lowest BCUT2D eigenvalue weighted by molar-refractivity contribution is 0.0700. The van der Waals surface area contributed by atoms with E-state index < -0.39 is 5.97 Å². The number of thiazole rings is 1. The third kappa shape index (κ3) is 3.76. The van der Waals surface area contributed by atoms with Crippen molar-refractivity contribution in [3.8, 4) is 0 Å². The number of aromatic nitrogens is 1. The third-order valence-corrected chi connectivity index (χ3v) is 4.54. The average Bonchev–Trinajstić information content (AvgIpc) is 2.60. The number of carbonyl (C=O) groups is 1. The summed E-state index contributed by atoms with van der Waals surface area (Å²) in [5, 5.41) is 10.2. The van der Waals surface area contributed by atoms with E-state index in [0.29, 0.717) is 4.88 Å². The first-order chi connectivity index (χ1) is 9.08. The number of likely N-dealkylation sites (tertiary alicyclic amines) is 1. The molecule has 1 N–H and O–H groups in total. The molecule has 0 spiro atoms. The van der Waals surface area contributed by atoms with Crippen LogP contribution in [-0.2, 0) is 6.54 Å². The highest BCUT2D eigenvalue weighted by atomic mass is 32.1. The average molecular weight is 282 g/mol. The molecule has 5 heteroatoms. The minimum absolute atomic E-state index is 0.167. The Kier molecular flexibility index (Phi) is 4.93. The van der Waals surface area contributed by atoms with Gasteiger partial charge in [0.1, 0.15) is 9.88 Å². The molecule has 2 rings (SSSR count). The minimum atomic E-state index is -0.844. The van der Waals surface area contributed by atoms with Crippen molar-refractivity contribution in [2.75, 3.05) is 13.1 Å². The van der Waals surface area contributed by atoms with Gasteiger partial charge in [-0.05, 0) is 31.8 Å². The summed E-state index contributed by atoms with van der Waals surface area (Å²) in [6, 6.07) is 0. The van der Waals surface area contributed by atoms with Gasteiger partial charge in [0, 0.05) is 0 Å².